The van der Waals surface area contributed by atoms with Gasteiger partial charge in [-0.2, -0.15) is 16.4 Å². The fourth-order valence-corrected chi connectivity index (χ4v) is 4.94. The predicted octanol–water partition coefficient (Wildman–Crippen LogP) is 3.77. The van der Waals surface area contributed by atoms with E-state index >= 15 is 0 Å². The lowest BCUT2D eigenvalue weighted by Crippen LogP contribution is -2.34. The molecule has 2 fully saturated rings. The highest BCUT2D eigenvalue weighted by Gasteiger charge is 2.25. The molecule has 0 unspecified atom stereocenters. The van der Waals surface area contributed by atoms with Gasteiger partial charge in [0.05, 0.1) is 11.9 Å². The van der Waals surface area contributed by atoms with Crippen molar-refractivity contribution in [3.05, 3.63) is 46.5 Å². The van der Waals surface area contributed by atoms with E-state index in [1.165, 1.54) is 43.5 Å². The lowest BCUT2D eigenvalue weighted by Gasteiger charge is -2.31. The summed E-state index contributed by atoms with van der Waals surface area (Å²) in [6, 6.07) is 6.55. The molecule has 0 spiro atoms. The molecule has 3 aromatic rings. The van der Waals surface area contributed by atoms with Crippen LogP contribution >= 0.6 is 11.3 Å². The van der Waals surface area contributed by atoms with E-state index in [4.69, 9.17) is 10.1 Å². The van der Waals surface area contributed by atoms with Crippen LogP contribution in [0.25, 0.3) is 5.65 Å². The SMILES string of the molecule is c1cc(CN2CCC[C@@H](c3nc4ccc(N5CCCC5)cn4n3)C2)cs1. The summed E-state index contributed by atoms with van der Waals surface area (Å²) in [4.78, 5) is 9.85. The second-order valence-electron chi connectivity index (χ2n) is 7.56. The molecule has 3 aromatic heterocycles. The van der Waals surface area contributed by atoms with Crippen LogP contribution < -0.4 is 4.90 Å². The fourth-order valence-electron chi connectivity index (χ4n) is 4.28. The third kappa shape index (κ3) is 3.23. The quantitative estimate of drug-likeness (QED) is 0.703. The van der Waals surface area contributed by atoms with Gasteiger partial charge in [-0.25, -0.2) is 9.50 Å². The predicted molar refractivity (Wildman–Crippen MR) is 106 cm³/mol. The minimum atomic E-state index is 0.442. The zero-order valence-corrected chi connectivity index (χ0v) is 15.9. The van der Waals surface area contributed by atoms with E-state index in [-0.39, 0.29) is 0 Å². The number of anilines is 1. The molecule has 5 heterocycles. The van der Waals surface area contributed by atoms with Crippen molar-refractivity contribution >= 4 is 22.7 Å². The van der Waals surface area contributed by atoms with Gasteiger partial charge in [-0.1, -0.05) is 0 Å². The summed E-state index contributed by atoms with van der Waals surface area (Å²) in [6.45, 7) is 5.61. The van der Waals surface area contributed by atoms with Crippen LogP contribution in [-0.4, -0.2) is 45.7 Å². The van der Waals surface area contributed by atoms with E-state index in [9.17, 15) is 0 Å². The summed E-state index contributed by atoms with van der Waals surface area (Å²) in [5.74, 6) is 1.45. The number of piperidine rings is 1. The van der Waals surface area contributed by atoms with Gasteiger partial charge in [-0.15, -0.1) is 0 Å². The number of nitrogens with zero attached hydrogens (tertiary/aromatic N) is 5. The van der Waals surface area contributed by atoms with Gasteiger partial charge in [0.2, 0.25) is 0 Å². The molecule has 1 atom stereocenters. The maximum absolute atomic E-state index is 4.85. The lowest BCUT2D eigenvalue weighted by molar-refractivity contribution is 0.197. The number of likely N-dealkylation sites (tertiary alicyclic amines) is 1. The van der Waals surface area contributed by atoms with Gasteiger partial charge in [-0.3, -0.25) is 4.90 Å². The Labute approximate surface area is 158 Å². The van der Waals surface area contributed by atoms with E-state index in [1.54, 1.807) is 11.3 Å². The van der Waals surface area contributed by atoms with Crippen LogP contribution in [0.5, 0.6) is 0 Å². The van der Waals surface area contributed by atoms with Crippen LogP contribution in [-0.2, 0) is 6.54 Å². The van der Waals surface area contributed by atoms with Gasteiger partial charge >= 0.3 is 0 Å². The maximum atomic E-state index is 4.85. The van der Waals surface area contributed by atoms with Crippen LogP contribution in [0.15, 0.2) is 35.2 Å². The second kappa shape index (κ2) is 7.00. The van der Waals surface area contributed by atoms with Crippen molar-refractivity contribution in [2.45, 2.75) is 38.1 Å². The summed E-state index contributed by atoms with van der Waals surface area (Å²) in [5.41, 5.74) is 3.67. The first-order valence-corrected chi connectivity index (χ1v) is 10.6. The zero-order chi connectivity index (χ0) is 17.3. The summed E-state index contributed by atoms with van der Waals surface area (Å²) in [5, 5.41) is 9.28. The van der Waals surface area contributed by atoms with E-state index in [0.29, 0.717) is 5.92 Å². The third-order valence-corrected chi connectivity index (χ3v) is 6.39. The first-order valence-electron chi connectivity index (χ1n) is 9.70. The van der Waals surface area contributed by atoms with Gasteiger partial charge in [0, 0.05) is 32.1 Å². The van der Waals surface area contributed by atoms with Gasteiger partial charge < -0.3 is 4.90 Å². The molecule has 0 bridgehead atoms. The van der Waals surface area contributed by atoms with Crippen molar-refractivity contribution in [3.63, 3.8) is 0 Å². The van der Waals surface area contributed by atoms with Crippen LogP contribution in [0, 0.1) is 0 Å². The normalized spacial score (nSPS) is 21.7. The average molecular weight is 368 g/mol. The molecule has 26 heavy (non-hydrogen) atoms. The number of thiophene rings is 1. The molecule has 0 aromatic carbocycles. The Morgan fingerprint density at radius 3 is 2.85 bits per heavy atom. The van der Waals surface area contributed by atoms with E-state index in [0.717, 1.165) is 37.7 Å². The Bertz CT molecular complexity index is 866. The van der Waals surface area contributed by atoms with Gasteiger partial charge in [0.15, 0.2) is 11.5 Å². The molecular weight excluding hydrogens is 342 g/mol. The molecule has 136 valence electrons. The smallest absolute Gasteiger partial charge is 0.156 e. The third-order valence-electron chi connectivity index (χ3n) is 5.66. The molecule has 0 saturated carbocycles. The molecule has 5 nitrogen and oxygen atoms in total. The average Bonchev–Trinajstić information content (AvgIpc) is 3.42. The molecule has 6 heteroatoms. The van der Waals surface area contributed by atoms with Crippen molar-refractivity contribution in [2.75, 3.05) is 31.1 Å². The van der Waals surface area contributed by atoms with E-state index < -0.39 is 0 Å². The van der Waals surface area contributed by atoms with E-state index in [2.05, 4.69) is 45.0 Å². The van der Waals surface area contributed by atoms with Crippen LogP contribution in [0.4, 0.5) is 5.69 Å². The number of hydrogen-bond donors (Lipinski definition) is 0. The molecule has 2 aliphatic heterocycles. The van der Waals surface area contributed by atoms with Gasteiger partial charge in [0.25, 0.3) is 0 Å². The largest absolute Gasteiger partial charge is 0.370 e. The minimum Gasteiger partial charge on any atom is -0.370 e. The van der Waals surface area contributed by atoms with Crippen molar-refractivity contribution in [2.24, 2.45) is 0 Å². The fraction of sp³-hybridized carbons (Fsp3) is 0.500. The highest BCUT2D eigenvalue weighted by atomic mass is 32.1. The highest BCUT2D eigenvalue weighted by molar-refractivity contribution is 7.07. The molecular formula is C20H25N5S. The highest BCUT2D eigenvalue weighted by Crippen LogP contribution is 2.27. The maximum Gasteiger partial charge on any atom is 0.156 e. The topological polar surface area (TPSA) is 36.7 Å². The number of hydrogen-bond acceptors (Lipinski definition) is 5. The zero-order valence-electron chi connectivity index (χ0n) is 15.0. The Hall–Kier alpha value is -1.92. The summed E-state index contributed by atoms with van der Waals surface area (Å²) < 4.78 is 1.99. The number of pyridine rings is 1. The van der Waals surface area contributed by atoms with Crippen molar-refractivity contribution < 1.29 is 0 Å². The molecule has 0 amide bonds. The van der Waals surface area contributed by atoms with Crippen LogP contribution in [0.1, 0.15) is 43.0 Å². The first-order chi connectivity index (χ1) is 12.8. The Balaban J connectivity index is 1.34. The number of fused-ring (bicyclic) bond motifs is 1. The van der Waals surface area contributed by atoms with E-state index in [1.807, 2.05) is 4.52 Å². The van der Waals surface area contributed by atoms with Gasteiger partial charge in [-0.05, 0) is 66.8 Å². The lowest BCUT2D eigenvalue weighted by atomic mass is 9.97. The summed E-state index contributed by atoms with van der Waals surface area (Å²) in [7, 11) is 0. The Morgan fingerprint density at radius 2 is 2.00 bits per heavy atom. The standard InChI is InChI=1S/C20H25N5S/c1-2-10-24(9-1)18-5-6-19-21-20(22-25(19)14-18)17-4-3-8-23(13-17)12-16-7-11-26-15-16/h5-7,11,14-15,17H,1-4,8-10,12-13H2/t17-/m1/s1. The number of rotatable bonds is 4. The second-order valence-corrected chi connectivity index (χ2v) is 8.34. The molecule has 0 aliphatic carbocycles. The monoisotopic (exact) mass is 367 g/mol. The van der Waals surface area contributed by atoms with Crippen LogP contribution in [0.2, 0.25) is 0 Å². The molecule has 2 aliphatic rings. The van der Waals surface area contributed by atoms with Crippen molar-refractivity contribution in [1.29, 1.82) is 0 Å². The Morgan fingerprint density at radius 1 is 1.08 bits per heavy atom. The van der Waals surface area contributed by atoms with Crippen LogP contribution in [0.3, 0.4) is 0 Å². The summed E-state index contributed by atoms with van der Waals surface area (Å²) >= 11 is 1.78. The van der Waals surface area contributed by atoms with Crippen molar-refractivity contribution in [1.82, 2.24) is 19.5 Å². The summed E-state index contributed by atoms with van der Waals surface area (Å²) in [6.07, 6.45) is 7.16. The van der Waals surface area contributed by atoms with Gasteiger partial charge in [0.1, 0.15) is 0 Å². The molecule has 0 radical (unpaired) electrons. The number of aromatic nitrogens is 3. The Kier molecular flexibility index (Phi) is 4.38. The molecule has 5 rings (SSSR count). The first kappa shape index (κ1) is 16.3. The molecule has 0 N–H and O–H groups in total. The minimum absolute atomic E-state index is 0.442. The molecule has 2 saturated heterocycles. The van der Waals surface area contributed by atoms with Crippen molar-refractivity contribution in [3.8, 4) is 0 Å².